The first kappa shape index (κ1) is 22.8. The van der Waals surface area contributed by atoms with Crippen molar-refractivity contribution in [2.45, 2.75) is 39.8 Å². The summed E-state index contributed by atoms with van der Waals surface area (Å²) in [5.41, 5.74) is 5.42. The molecule has 0 aliphatic heterocycles. The molecule has 0 saturated heterocycles. The summed E-state index contributed by atoms with van der Waals surface area (Å²) in [7, 11) is 0. The molecule has 0 fully saturated rings. The minimum Gasteiger partial charge on any atom is -0.490 e. The Bertz CT molecular complexity index is 877. The number of aliphatic hydroxyl groups excluding tert-OH is 1. The fourth-order valence-corrected chi connectivity index (χ4v) is 3.26. The van der Waals surface area contributed by atoms with Gasteiger partial charge < -0.3 is 15.2 Å². The number of tetrazole rings is 1. The van der Waals surface area contributed by atoms with E-state index in [1.54, 1.807) is 11.0 Å². The smallest absolute Gasteiger partial charge is 0.143 e. The molecule has 0 spiro atoms. The SMILES string of the molecule is Cc1cc(C)c(OCC(O)CNC(C)c2ccc(-n3cnnn3)cc2)c(C)c1.Cl. The minimum absolute atomic E-state index is 0. The van der Waals surface area contributed by atoms with Crippen LogP contribution in [0.4, 0.5) is 0 Å². The molecule has 1 aromatic heterocycles. The molecule has 0 amide bonds. The molecule has 0 radical (unpaired) electrons. The number of aromatic nitrogens is 4. The number of rotatable bonds is 8. The van der Waals surface area contributed by atoms with Crippen LogP contribution in [0.1, 0.15) is 35.2 Å². The average molecular weight is 418 g/mol. The molecule has 2 unspecified atom stereocenters. The summed E-state index contributed by atoms with van der Waals surface area (Å²) in [4.78, 5) is 0. The van der Waals surface area contributed by atoms with Crippen molar-refractivity contribution in [3.05, 3.63) is 65.0 Å². The summed E-state index contributed by atoms with van der Waals surface area (Å²) < 4.78 is 7.48. The van der Waals surface area contributed by atoms with E-state index in [1.807, 2.05) is 38.1 Å². The first-order valence-electron chi connectivity index (χ1n) is 9.39. The molecule has 0 bridgehead atoms. The van der Waals surface area contributed by atoms with E-state index in [9.17, 15) is 5.11 Å². The quantitative estimate of drug-likeness (QED) is 0.585. The van der Waals surface area contributed by atoms with Crippen LogP contribution < -0.4 is 10.1 Å². The van der Waals surface area contributed by atoms with Gasteiger partial charge in [-0.05, 0) is 66.9 Å². The second-order valence-electron chi connectivity index (χ2n) is 7.17. The average Bonchev–Trinajstić information content (AvgIpc) is 3.20. The Kier molecular flexibility index (Phi) is 8.13. The Morgan fingerprint density at radius 3 is 2.34 bits per heavy atom. The van der Waals surface area contributed by atoms with Crippen molar-refractivity contribution >= 4 is 12.4 Å². The third-order valence-electron chi connectivity index (χ3n) is 4.69. The maximum absolute atomic E-state index is 10.3. The Hall–Kier alpha value is -2.48. The number of nitrogens with zero attached hydrogens (tertiary/aromatic N) is 4. The summed E-state index contributed by atoms with van der Waals surface area (Å²) in [6, 6.07) is 12.3. The van der Waals surface area contributed by atoms with Gasteiger partial charge in [-0.1, -0.05) is 29.8 Å². The maximum atomic E-state index is 10.3. The number of ether oxygens (including phenoxy) is 1. The Morgan fingerprint density at radius 2 is 1.76 bits per heavy atom. The number of aliphatic hydroxyl groups is 1. The lowest BCUT2D eigenvalue weighted by molar-refractivity contribution is 0.103. The lowest BCUT2D eigenvalue weighted by Crippen LogP contribution is -2.33. The fourth-order valence-electron chi connectivity index (χ4n) is 3.26. The summed E-state index contributed by atoms with van der Waals surface area (Å²) in [6.07, 6.45) is 0.966. The number of hydrogen-bond acceptors (Lipinski definition) is 6. The van der Waals surface area contributed by atoms with Gasteiger partial charge in [0.15, 0.2) is 0 Å². The van der Waals surface area contributed by atoms with E-state index in [2.05, 4.69) is 46.8 Å². The largest absolute Gasteiger partial charge is 0.490 e. The van der Waals surface area contributed by atoms with Crippen LogP contribution >= 0.6 is 12.4 Å². The first-order valence-corrected chi connectivity index (χ1v) is 9.39. The third-order valence-corrected chi connectivity index (χ3v) is 4.69. The van der Waals surface area contributed by atoms with Gasteiger partial charge >= 0.3 is 0 Å². The van der Waals surface area contributed by atoms with Crippen LogP contribution in [0.5, 0.6) is 5.75 Å². The minimum atomic E-state index is -0.594. The first-order chi connectivity index (χ1) is 13.4. The van der Waals surface area contributed by atoms with Crippen LogP contribution in [0, 0.1) is 20.8 Å². The van der Waals surface area contributed by atoms with E-state index in [0.717, 1.165) is 28.1 Å². The van der Waals surface area contributed by atoms with Gasteiger partial charge in [0.25, 0.3) is 0 Å². The van der Waals surface area contributed by atoms with Crippen LogP contribution in [0.25, 0.3) is 5.69 Å². The number of nitrogens with one attached hydrogen (secondary N) is 1. The van der Waals surface area contributed by atoms with E-state index in [-0.39, 0.29) is 25.1 Å². The zero-order valence-corrected chi connectivity index (χ0v) is 18.0. The van der Waals surface area contributed by atoms with Crippen molar-refractivity contribution in [2.75, 3.05) is 13.2 Å². The molecule has 156 valence electrons. The van der Waals surface area contributed by atoms with Crippen molar-refractivity contribution in [3.8, 4) is 11.4 Å². The van der Waals surface area contributed by atoms with Gasteiger partial charge in [-0.25, -0.2) is 4.68 Å². The van der Waals surface area contributed by atoms with Crippen LogP contribution in [0.3, 0.4) is 0 Å². The standard InChI is InChI=1S/C21H27N5O2.ClH/c1-14-9-15(2)21(16(3)10-14)28-12-20(27)11-22-17(4)18-5-7-19(8-6-18)26-13-23-24-25-26;/h5-10,13,17,20,22,27H,11-12H2,1-4H3;1H. The Morgan fingerprint density at radius 1 is 1.10 bits per heavy atom. The van der Waals surface area contributed by atoms with Crippen LogP contribution in [0.15, 0.2) is 42.7 Å². The van der Waals surface area contributed by atoms with E-state index in [0.29, 0.717) is 6.54 Å². The van der Waals surface area contributed by atoms with Crippen molar-refractivity contribution in [1.82, 2.24) is 25.5 Å². The highest BCUT2D eigenvalue weighted by Crippen LogP contribution is 2.24. The van der Waals surface area contributed by atoms with Gasteiger partial charge in [0.05, 0.1) is 5.69 Å². The van der Waals surface area contributed by atoms with Gasteiger partial charge in [-0.2, -0.15) is 0 Å². The summed E-state index contributed by atoms with van der Waals surface area (Å²) in [5, 5.41) is 24.8. The molecule has 29 heavy (non-hydrogen) atoms. The van der Waals surface area contributed by atoms with E-state index in [4.69, 9.17) is 4.74 Å². The van der Waals surface area contributed by atoms with E-state index < -0.39 is 6.10 Å². The molecule has 3 aromatic rings. The summed E-state index contributed by atoms with van der Waals surface area (Å²) in [5.74, 6) is 0.857. The number of benzene rings is 2. The fraction of sp³-hybridized carbons (Fsp3) is 0.381. The molecule has 2 aromatic carbocycles. The van der Waals surface area contributed by atoms with Crippen molar-refractivity contribution in [2.24, 2.45) is 0 Å². The molecule has 0 aliphatic carbocycles. The van der Waals surface area contributed by atoms with Gasteiger partial charge in [0.1, 0.15) is 24.8 Å². The molecular weight excluding hydrogens is 390 g/mol. The molecule has 7 nitrogen and oxygen atoms in total. The van der Waals surface area contributed by atoms with E-state index >= 15 is 0 Å². The molecule has 1 heterocycles. The van der Waals surface area contributed by atoms with Gasteiger partial charge in [-0.15, -0.1) is 17.5 Å². The number of halogens is 1. The molecule has 8 heteroatoms. The number of hydrogen-bond donors (Lipinski definition) is 2. The normalized spacial score (nSPS) is 12.9. The zero-order chi connectivity index (χ0) is 20.1. The van der Waals surface area contributed by atoms with Gasteiger partial charge in [-0.3, -0.25) is 0 Å². The Labute approximate surface area is 177 Å². The van der Waals surface area contributed by atoms with Crippen molar-refractivity contribution < 1.29 is 9.84 Å². The highest BCUT2D eigenvalue weighted by molar-refractivity contribution is 5.85. The van der Waals surface area contributed by atoms with Crippen molar-refractivity contribution in [3.63, 3.8) is 0 Å². The summed E-state index contributed by atoms with van der Waals surface area (Å²) in [6.45, 7) is 8.89. The third kappa shape index (κ3) is 6.00. The predicted molar refractivity (Wildman–Crippen MR) is 115 cm³/mol. The van der Waals surface area contributed by atoms with Crippen molar-refractivity contribution in [1.29, 1.82) is 0 Å². The Balaban J connectivity index is 0.00000300. The highest BCUT2D eigenvalue weighted by atomic mass is 35.5. The number of aryl methyl sites for hydroxylation is 3. The predicted octanol–water partition coefficient (Wildman–Crippen LogP) is 3.10. The zero-order valence-electron chi connectivity index (χ0n) is 17.2. The monoisotopic (exact) mass is 417 g/mol. The molecule has 3 rings (SSSR count). The second kappa shape index (κ2) is 10.3. The van der Waals surface area contributed by atoms with Crippen LogP contribution in [0.2, 0.25) is 0 Å². The van der Waals surface area contributed by atoms with E-state index in [1.165, 1.54) is 5.56 Å². The lowest BCUT2D eigenvalue weighted by Gasteiger charge is -2.19. The summed E-state index contributed by atoms with van der Waals surface area (Å²) >= 11 is 0. The topological polar surface area (TPSA) is 85.1 Å². The molecular formula is C21H28ClN5O2. The molecule has 0 aliphatic rings. The van der Waals surface area contributed by atoms with Crippen LogP contribution in [-0.2, 0) is 0 Å². The van der Waals surface area contributed by atoms with Crippen LogP contribution in [-0.4, -0.2) is 44.6 Å². The lowest BCUT2D eigenvalue weighted by atomic mass is 10.1. The molecule has 2 atom stereocenters. The van der Waals surface area contributed by atoms with Gasteiger partial charge in [0, 0.05) is 12.6 Å². The maximum Gasteiger partial charge on any atom is 0.143 e. The molecule has 0 saturated carbocycles. The highest BCUT2D eigenvalue weighted by Gasteiger charge is 2.12. The van der Waals surface area contributed by atoms with Gasteiger partial charge in [0.2, 0.25) is 0 Å². The second-order valence-corrected chi connectivity index (χ2v) is 7.17. The molecule has 2 N–H and O–H groups in total.